The molecule has 2 fully saturated rings. The van der Waals surface area contributed by atoms with Crippen molar-refractivity contribution in [2.24, 2.45) is 17.3 Å². The van der Waals surface area contributed by atoms with Crippen LogP contribution in [0.4, 0.5) is 4.39 Å². The van der Waals surface area contributed by atoms with Gasteiger partial charge < -0.3 is 5.32 Å². The van der Waals surface area contributed by atoms with Crippen LogP contribution in [0, 0.1) is 23.1 Å². The molecule has 0 spiro atoms. The molecule has 1 aromatic rings. The molecule has 0 aliphatic heterocycles. The highest BCUT2D eigenvalue weighted by molar-refractivity contribution is 6.30. The van der Waals surface area contributed by atoms with Crippen LogP contribution in [0.3, 0.4) is 0 Å². The molecule has 2 aliphatic rings. The summed E-state index contributed by atoms with van der Waals surface area (Å²) in [6.45, 7) is 1.03. The Hall–Kier alpha value is -0.600. The van der Waals surface area contributed by atoms with Crippen molar-refractivity contribution in [3.05, 3.63) is 34.6 Å². The highest BCUT2D eigenvalue weighted by Crippen LogP contribution is 2.60. The minimum atomic E-state index is -0.295. The van der Waals surface area contributed by atoms with Crippen LogP contribution < -0.4 is 5.32 Å². The minimum absolute atomic E-state index is 0.218. The largest absolute Gasteiger partial charge is 0.319 e. The number of nitrogens with one attached hydrogen (secondary N) is 1. The molecule has 0 saturated heterocycles. The zero-order valence-electron chi connectivity index (χ0n) is 10.7. The lowest BCUT2D eigenvalue weighted by Gasteiger charge is -2.31. The maximum absolute atomic E-state index is 13.5. The average Bonchev–Trinajstić information content (AvgIpc) is 2.93. The number of fused-ring (bicyclic) bond motifs is 1. The van der Waals surface area contributed by atoms with Crippen LogP contribution in [0.15, 0.2) is 18.2 Å². The summed E-state index contributed by atoms with van der Waals surface area (Å²) >= 11 is 5.74. The maximum Gasteiger partial charge on any atom is 0.142 e. The van der Waals surface area contributed by atoms with E-state index in [1.807, 2.05) is 13.1 Å². The van der Waals surface area contributed by atoms with Gasteiger partial charge in [0.25, 0.3) is 0 Å². The third-order valence-electron chi connectivity index (χ3n) is 4.57. The summed E-state index contributed by atoms with van der Waals surface area (Å²) in [5.41, 5.74) is 1.41. The summed E-state index contributed by atoms with van der Waals surface area (Å²) in [6, 6.07) is 5.24. The first-order valence-electron chi connectivity index (χ1n) is 6.70. The van der Waals surface area contributed by atoms with E-state index in [2.05, 4.69) is 5.32 Å². The number of benzene rings is 1. The van der Waals surface area contributed by atoms with Gasteiger partial charge in [-0.2, -0.15) is 0 Å². The van der Waals surface area contributed by atoms with Gasteiger partial charge in [-0.15, -0.1) is 0 Å². The molecule has 0 heterocycles. The molecule has 0 aromatic heterocycles. The monoisotopic (exact) mass is 267 g/mol. The Morgan fingerprint density at radius 3 is 2.72 bits per heavy atom. The molecule has 0 amide bonds. The summed E-state index contributed by atoms with van der Waals surface area (Å²) in [6.07, 6.45) is 4.97. The molecular weight excluding hydrogens is 249 g/mol. The quantitative estimate of drug-likeness (QED) is 0.878. The van der Waals surface area contributed by atoms with E-state index in [0.717, 1.165) is 30.4 Å². The lowest BCUT2D eigenvalue weighted by atomic mass is 9.77. The first-order chi connectivity index (χ1) is 8.62. The van der Waals surface area contributed by atoms with Crippen molar-refractivity contribution >= 4 is 11.6 Å². The fourth-order valence-corrected chi connectivity index (χ4v) is 3.93. The minimum Gasteiger partial charge on any atom is -0.319 e. The van der Waals surface area contributed by atoms with Crippen molar-refractivity contribution < 1.29 is 4.39 Å². The van der Waals surface area contributed by atoms with E-state index in [9.17, 15) is 4.39 Å². The Bertz CT molecular complexity index is 450. The summed E-state index contributed by atoms with van der Waals surface area (Å²) in [7, 11) is 2.01. The number of rotatable bonds is 4. The van der Waals surface area contributed by atoms with Gasteiger partial charge in [-0.05, 0) is 67.7 Å². The smallest absolute Gasteiger partial charge is 0.142 e. The molecule has 1 aromatic carbocycles. The second-order valence-corrected chi connectivity index (χ2v) is 6.53. The van der Waals surface area contributed by atoms with Crippen molar-refractivity contribution in [1.82, 2.24) is 5.32 Å². The zero-order chi connectivity index (χ0) is 12.8. The molecule has 0 bridgehead atoms. The van der Waals surface area contributed by atoms with Gasteiger partial charge in [-0.3, -0.25) is 0 Å². The first-order valence-corrected chi connectivity index (χ1v) is 7.08. The molecule has 2 saturated carbocycles. The standard InChI is InChI=1S/C15H19ClFN/c1-18-9-15(7-11-5-12(11)8-15)6-10-2-3-13(16)14(17)4-10/h2-4,11-12,18H,5-9H2,1H3. The van der Waals surface area contributed by atoms with Gasteiger partial charge in [0.15, 0.2) is 0 Å². The molecular formula is C15H19ClFN. The zero-order valence-corrected chi connectivity index (χ0v) is 11.4. The molecule has 0 radical (unpaired) electrons. The van der Waals surface area contributed by atoms with Gasteiger partial charge in [0, 0.05) is 6.54 Å². The SMILES string of the molecule is CNCC1(Cc2ccc(Cl)c(F)c2)CC2CC2C1. The van der Waals surface area contributed by atoms with Gasteiger partial charge in [-0.1, -0.05) is 17.7 Å². The molecule has 2 aliphatic carbocycles. The van der Waals surface area contributed by atoms with Crippen LogP contribution in [-0.2, 0) is 6.42 Å². The molecule has 2 atom stereocenters. The third kappa shape index (κ3) is 2.28. The van der Waals surface area contributed by atoms with E-state index in [4.69, 9.17) is 11.6 Å². The third-order valence-corrected chi connectivity index (χ3v) is 4.88. The van der Waals surface area contributed by atoms with Crippen LogP contribution in [0.5, 0.6) is 0 Å². The molecule has 98 valence electrons. The Labute approximate surface area is 113 Å². The van der Waals surface area contributed by atoms with Gasteiger partial charge in [0.2, 0.25) is 0 Å². The topological polar surface area (TPSA) is 12.0 Å². The molecule has 3 heteroatoms. The number of halogens is 2. The Morgan fingerprint density at radius 1 is 1.39 bits per heavy atom. The number of hydrogen-bond donors (Lipinski definition) is 1. The summed E-state index contributed by atoms with van der Waals surface area (Å²) < 4.78 is 13.5. The van der Waals surface area contributed by atoms with Crippen molar-refractivity contribution in [3.63, 3.8) is 0 Å². The van der Waals surface area contributed by atoms with Gasteiger partial charge in [0.1, 0.15) is 5.82 Å². The molecule has 2 unspecified atom stereocenters. The predicted octanol–water partition coefficient (Wildman–Crippen LogP) is 3.66. The Balaban J connectivity index is 1.78. The van der Waals surface area contributed by atoms with E-state index in [-0.39, 0.29) is 10.8 Å². The molecule has 18 heavy (non-hydrogen) atoms. The fraction of sp³-hybridized carbons (Fsp3) is 0.600. The number of hydrogen-bond acceptors (Lipinski definition) is 1. The molecule has 1 nitrogen and oxygen atoms in total. The van der Waals surface area contributed by atoms with Crippen LogP contribution in [-0.4, -0.2) is 13.6 Å². The highest BCUT2D eigenvalue weighted by atomic mass is 35.5. The maximum atomic E-state index is 13.5. The van der Waals surface area contributed by atoms with Crippen molar-refractivity contribution in [1.29, 1.82) is 0 Å². The van der Waals surface area contributed by atoms with Gasteiger partial charge >= 0.3 is 0 Å². The second kappa shape index (κ2) is 4.50. The van der Waals surface area contributed by atoms with E-state index in [0.29, 0.717) is 5.41 Å². The highest BCUT2D eigenvalue weighted by Gasteiger charge is 2.53. The lowest BCUT2D eigenvalue weighted by Crippen LogP contribution is -2.33. The second-order valence-electron chi connectivity index (χ2n) is 6.12. The average molecular weight is 268 g/mol. The first kappa shape index (κ1) is 12.4. The van der Waals surface area contributed by atoms with Crippen molar-refractivity contribution in [2.75, 3.05) is 13.6 Å². The summed E-state index contributed by atoms with van der Waals surface area (Å²) in [4.78, 5) is 0. The van der Waals surface area contributed by atoms with Crippen LogP contribution in [0.25, 0.3) is 0 Å². The van der Waals surface area contributed by atoms with Crippen molar-refractivity contribution in [2.45, 2.75) is 25.7 Å². The van der Waals surface area contributed by atoms with Gasteiger partial charge in [0.05, 0.1) is 5.02 Å². The van der Waals surface area contributed by atoms with E-state index in [1.165, 1.54) is 19.3 Å². The lowest BCUT2D eigenvalue weighted by molar-refractivity contribution is 0.255. The summed E-state index contributed by atoms with van der Waals surface area (Å²) in [5.74, 6) is 1.59. The van der Waals surface area contributed by atoms with Crippen LogP contribution in [0.1, 0.15) is 24.8 Å². The van der Waals surface area contributed by atoms with Crippen molar-refractivity contribution in [3.8, 4) is 0 Å². The predicted molar refractivity (Wildman–Crippen MR) is 72.3 cm³/mol. The fourth-order valence-electron chi connectivity index (χ4n) is 3.81. The normalized spacial score (nSPS) is 33.5. The van der Waals surface area contributed by atoms with Crippen LogP contribution >= 0.6 is 11.6 Å². The molecule has 1 N–H and O–H groups in total. The van der Waals surface area contributed by atoms with Crippen LogP contribution in [0.2, 0.25) is 5.02 Å². The van der Waals surface area contributed by atoms with E-state index in [1.54, 1.807) is 12.1 Å². The van der Waals surface area contributed by atoms with E-state index < -0.39 is 0 Å². The molecule has 3 rings (SSSR count). The Kier molecular flexibility index (Phi) is 3.11. The Morgan fingerprint density at radius 2 is 2.11 bits per heavy atom. The summed E-state index contributed by atoms with van der Waals surface area (Å²) in [5, 5.41) is 3.54. The van der Waals surface area contributed by atoms with Gasteiger partial charge in [-0.25, -0.2) is 4.39 Å². The van der Waals surface area contributed by atoms with E-state index >= 15 is 0 Å².